The number of nitrogens with one attached hydrogen (secondary N) is 2. The van der Waals surface area contributed by atoms with Crippen LogP contribution in [-0.2, 0) is 31.3 Å². The van der Waals surface area contributed by atoms with Crippen molar-refractivity contribution < 1.29 is 19.1 Å². The molecule has 2 aliphatic heterocycles. The SMILES string of the molecule is CC(Nc1c(Cl)ccc2c1CCNCC21OC(=O)CCC(=O)O1)c1cccc(Cl)c1. The molecule has 1 atom stereocenters. The van der Waals surface area contributed by atoms with Gasteiger partial charge in [-0.1, -0.05) is 35.3 Å². The van der Waals surface area contributed by atoms with Crippen LogP contribution in [0.1, 0.15) is 42.5 Å². The Morgan fingerprint density at radius 1 is 1.07 bits per heavy atom. The lowest BCUT2D eigenvalue weighted by Crippen LogP contribution is -2.43. The van der Waals surface area contributed by atoms with E-state index >= 15 is 0 Å². The molecule has 2 N–H and O–H groups in total. The van der Waals surface area contributed by atoms with Gasteiger partial charge >= 0.3 is 11.9 Å². The number of rotatable bonds is 3. The summed E-state index contributed by atoms with van der Waals surface area (Å²) in [4.78, 5) is 24.5. The Bertz CT molecular complexity index is 977. The zero-order valence-corrected chi connectivity index (χ0v) is 18.0. The summed E-state index contributed by atoms with van der Waals surface area (Å²) in [6.07, 6.45) is 0.623. The molecule has 0 radical (unpaired) electrons. The second-order valence-electron chi connectivity index (χ2n) is 7.50. The fourth-order valence-electron chi connectivity index (χ4n) is 3.91. The van der Waals surface area contributed by atoms with Gasteiger partial charge in [0.1, 0.15) is 0 Å². The summed E-state index contributed by atoms with van der Waals surface area (Å²) in [7, 11) is 0. The van der Waals surface area contributed by atoms with Crippen molar-refractivity contribution in [2.45, 2.75) is 38.0 Å². The first-order valence-electron chi connectivity index (χ1n) is 9.86. The Hall–Kier alpha value is -2.28. The molecule has 8 heteroatoms. The van der Waals surface area contributed by atoms with Crippen LogP contribution in [-0.4, -0.2) is 25.0 Å². The van der Waals surface area contributed by atoms with Crippen LogP contribution in [0.3, 0.4) is 0 Å². The number of fused-ring (bicyclic) bond motifs is 2. The van der Waals surface area contributed by atoms with Crippen LogP contribution >= 0.6 is 23.2 Å². The third kappa shape index (κ3) is 4.13. The maximum absolute atomic E-state index is 12.2. The minimum atomic E-state index is -1.50. The zero-order valence-electron chi connectivity index (χ0n) is 16.5. The third-order valence-electron chi connectivity index (χ3n) is 5.38. The number of halogens is 2. The lowest BCUT2D eigenvalue weighted by Gasteiger charge is -2.32. The Kier molecular flexibility index (Phi) is 5.91. The molecule has 2 heterocycles. The molecule has 30 heavy (non-hydrogen) atoms. The molecule has 2 aromatic rings. The molecule has 6 nitrogen and oxygen atoms in total. The van der Waals surface area contributed by atoms with E-state index in [1.807, 2.05) is 31.2 Å². The van der Waals surface area contributed by atoms with E-state index in [0.29, 0.717) is 28.6 Å². The van der Waals surface area contributed by atoms with Gasteiger partial charge in [-0.05, 0) is 55.3 Å². The first kappa shape index (κ1) is 21.0. The van der Waals surface area contributed by atoms with Gasteiger partial charge in [-0.2, -0.15) is 0 Å². The number of esters is 2. The average molecular weight is 449 g/mol. The van der Waals surface area contributed by atoms with E-state index in [9.17, 15) is 9.59 Å². The number of ether oxygens (including phenoxy) is 2. The Balaban J connectivity index is 1.77. The van der Waals surface area contributed by atoms with Crippen molar-refractivity contribution in [3.05, 3.63) is 63.1 Å². The van der Waals surface area contributed by atoms with Gasteiger partial charge in [0.2, 0.25) is 0 Å². The number of benzene rings is 2. The van der Waals surface area contributed by atoms with Crippen molar-refractivity contribution in [1.82, 2.24) is 5.32 Å². The van der Waals surface area contributed by atoms with Crippen molar-refractivity contribution >= 4 is 40.8 Å². The summed E-state index contributed by atoms with van der Waals surface area (Å²) >= 11 is 12.7. The predicted octanol–water partition coefficient (Wildman–Crippen LogP) is 4.35. The molecule has 1 spiro atoms. The van der Waals surface area contributed by atoms with E-state index in [4.69, 9.17) is 32.7 Å². The summed E-state index contributed by atoms with van der Waals surface area (Å²) in [6.45, 7) is 2.81. The molecule has 0 amide bonds. The predicted molar refractivity (Wildman–Crippen MR) is 115 cm³/mol. The second-order valence-corrected chi connectivity index (χ2v) is 8.34. The van der Waals surface area contributed by atoms with Crippen molar-refractivity contribution in [1.29, 1.82) is 0 Å². The molecule has 4 rings (SSSR count). The van der Waals surface area contributed by atoms with Crippen LogP contribution < -0.4 is 10.6 Å². The highest BCUT2D eigenvalue weighted by molar-refractivity contribution is 6.33. The maximum atomic E-state index is 12.2. The molecule has 1 fully saturated rings. The first-order chi connectivity index (χ1) is 14.4. The van der Waals surface area contributed by atoms with E-state index in [1.165, 1.54) is 0 Å². The Morgan fingerprint density at radius 3 is 2.50 bits per heavy atom. The van der Waals surface area contributed by atoms with E-state index < -0.39 is 17.7 Å². The summed E-state index contributed by atoms with van der Waals surface area (Å²) in [6, 6.07) is 11.0. The quantitative estimate of drug-likeness (QED) is 0.679. The molecular weight excluding hydrogens is 427 g/mol. The van der Waals surface area contributed by atoms with Gasteiger partial charge in [0.05, 0.1) is 30.1 Å². The van der Waals surface area contributed by atoms with E-state index in [-0.39, 0.29) is 25.4 Å². The lowest BCUT2D eigenvalue weighted by molar-refractivity contribution is -0.225. The smallest absolute Gasteiger partial charge is 0.309 e. The maximum Gasteiger partial charge on any atom is 0.309 e. The average Bonchev–Trinajstić information content (AvgIpc) is 2.97. The topological polar surface area (TPSA) is 76.7 Å². The molecule has 2 aromatic carbocycles. The van der Waals surface area contributed by atoms with Gasteiger partial charge in [-0.15, -0.1) is 0 Å². The number of carbonyl (C=O) groups excluding carboxylic acids is 2. The van der Waals surface area contributed by atoms with Gasteiger partial charge < -0.3 is 20.1 Å². The highest BCUT2D eigenvalue weighted by atomic mass is 35.5. The van der Waals surface area contributed by atoms with Gasteiger partial charge in [0.15, 0.2) is 0 Å². The van der Waals surface area contributed by atoms with E-state index in [0.717, 1.165) is 16.8 Å². The number of hydrogen-bond acceptors (Lipinski definition) is 6. The van der Waals surface area contributed by atoms with E-state index in [1.54, 1.807) is 12.1 Å². The highest BCUT2D eigenvalue weighted by Crippen LogP contribution is 2.41. The Labute approximate surface area is 184 Å². The number of hydrogen-bond donors (Lipinski definition) is 2. The molecule has 158 valence electrons. The van der Waals surface area contributed by atoms with Crippen LogP contribution in [0.4, 0.5) is 5.69 Å². The monoisotopic (exact) mass is 448 g/mol. The molecule has 0 aliphatic carbocycles. The first-order valence-corrected chi connectivity index (χ1v) is 10.6. The number of carbonyl (C=O) groups is 2. The van der Waals surface area contributed by atoms with Gasteiger partial charge in [-0.3, -0.25) is 9.59 Å². The summed E-state index contributed by atoms with van der Waals surface area (Å²) in [5.41, 5.74) is 3.20. The van der Waals surface area contributed by atoms with Crippen molar-refractivity contribution in [2.75, 3.05) is 18.4 Å². The third-order valence-corrected chi connectivity index (χ3v) is 5.93. The van der Waals surface area contributed by atoms with Crippen LogP contribution in [0, 0.1) is 0 Å². The zero-order chi connectivity index (χ0) is 21.3. The number of anilines is 1. The van der Waals surface area contributed by atoms with Crippen molar-refractivity contribution in [3.8, 4) is 0 Å². The minimum absolute atomic E-state index is 0.000411. The van der Waals surface area contributed by atoms with Crippen molar-refractivity contribution in [3.63, 3.8) is 0 Å². The standard InChI is InChI=1S/C22H22Cl2N2O4/c1-13(14-3-2-4-15(23)11-14)26-21-16-9-10-25-12-22(17(16)5-6-18(21)24)29-19(27)7-8-20(28)30-22/h2-6,11,13,25-26H,7-10,12H2,1H3. The summed E-state index contributed by atoms with van der Waals surface area (Å²) in [5.74, 6) is -2.43. The highest BCUT2D eigenvalue weighted by Gasteiger charge is 2.46. The molecule has 0 aromatic heterocycles. The Morgan fingerprint density at radius 2 is 1.80 bits per heavy atom. The molecule has 2 aliphatic rings. The van der Waals surface area contributed by atoms with Crippen LogP contribution in [0.25, 0.3) is 0 Å². The molecule has 0 saturated carbocycles. The fraction of sp³-hybridized carbons (Fsp3) is 0.364. The van der Waals surface area contributed by atoms with Crippen LogP contribution in [0.15, 0.2) is 36.4 Å². The molecule has 1 unspecified atom stereocenters. The molecular formula is C22H22Cl2N2O4. The molecule has 0 bridgehead atoms. The molecule has 1 saturated heterocycles. The van der Waals surface area contributed by atoms with Gasteiger partial charge in [-0.25, -0.2) is 0 Å². The summed E-state index contributed by atoms with van der Waals surface area (Å²) < 4.78 is 11.4. The fourth-order valence-corrected chi connectivity index (χ4v) is 4.34. The minimum Gasteiger partial charge on any atom is -0.416 e. The van der Waals surface area contributed by atoms with E-state index in [2.05, 4.69) is 10.6 Å². The lowest BCUT2D eigenvalue weighted by atomic mass is 9.95. The largest absolute Gasteiger partial charge is 0.416 e. The normalized spacial score (nSPS) is 19.2. The van der Waals surface area contributed by atoms with Crippen LogP contribution in [0.2, 0.25) is 10.0 Å². The summed E-state index contributed by atoms with van der Waals surface area (Å²) in [5, 5.41) is 7.88. The second kappa shape index (κ2) is 8.46. The van der Waals surface area contributed by atoms with Crippen LogP contribution in [0.5, 0.6) is 0 Å². The van der Waals surface area contributed by atoms with Gasteiger partial charge in [0.25, 0.3) is 5.79 Å². The van der Waals surface area contributed by atoms with Crippen molar-refractivity contribution in [2.24, 2.45) is 0 Å². The van der Waals surface area contributed by atoms with Gasteiger partial charge in [0, 0.05) is 16.6 Å².